The Morgan fingerprint density at radius 2 is 1.85 bits per heavy atom. The first-order chi connectivity index (χ1) is 9.63. The van der Waals surface area contributed by atoms with Gasteiger partial charge in [0, 0.05) is 6.54 Å². The van der Waals surface area contributed by atoms with Crippen LogP contribution in [0.25, 0.3) is 0 Å². The van der Waals surface area contributed by atoms with Crippen molar-refractivity contribution in [3.8, 4) is 11.5 Å². The van der Waals surface area contributed by atoms with E-state index in [1.807, 2.05) is 12.1 Å². The molecule has 2 rings (SSSR count). The van der Waals surface area contributed by atoms with Crippen LogP contribution in [0.3, 0.4) is 0 Å². The van der Waals surface area contributed by atoms with Crippen LogP contribution in [0.5, 0.6) is 11.5 Å². The van der Waals surface area contributed by atoms with Crippen molar-refractivity contribution in [1.82, 2.24) is 0 Å². The Kier molecular flexibility index (Phi) is 4.82. The van der Waals surface area contributed by atoms with Crippen LogP contribution in [0.4, 0.5) is 4.39 Å². The summed E-state index contributed by atoms with van der Waals surface area (Å²) in [5, 5.41) is 0.0776. The number of halogens is 2. The van der Waals surface area contributed by atoms with E-state index in [1.54, 1.807) is 19.2 Å². The maximum Gasteiger partial charge on any atom is 0.161 e. The van der Waals surface area contributed by atoms with Gasteiger partial charge >= 0.3 is 0 Å². The molecule has 0 aliphatic rings. The summed E-state index contributed by atoms with van der Waals surface area (Å²) in [7, 11) is 1.57. The quantitative estimate of drug-likeness (QED) is 0.918. The Bertz CT molecular complexity index is 604. The molecule has 0 saturated carbocycles. The van der Waals surface area contributed by atoms with E-state index in [0.717, 1.165) is 11.1 Å². The van der Waals surface area contributed by atoms with Crippen LogP contribution in [-0.2, 0) is 13.2 Å². The van der Waals surface area contributed by atoms with Crippen LogP contribution in [-0.4, -0.2) is 7.11 Å². The fraction of sp³-hybridized carbons (Fsp3) is 0.200. The van der Waals surface area contributed by atoms with Gasteiger partial charge in [0.2, 0.25) is 0 Å². The second kappa shape index (κ2) is 6.59. The third-order valence-electron chi connectivity index (χ3n) is 2.84. The Labute approximate surface area is 122 Å². The molecule has 0 aliphatic heterocycles. The average Bonchev–Trinajstić information content (AvgIpc) is 2.48. The molecule has 2 aromatic carbocycles. The first kappa shape index (κ1) is 14.6. The fourth-order valence-corrected chi connectivity index (χ4v) is 1.95. The van der Waals surface area contributed by atoms with Crippen LogP contribution < -0.4 is 15.2 Å². The molecule has 2 aromatic rings. The molecule has 0 aromatic heterocycles. The summed E-state index contributed by atoms with van der Waals surface area (Å²) in [5.41, 5.74) is 7.32. The SMILES string of the molecule is COc1ccc(CN)cc1OCc1ccc(F)c(Cl)c1. The number of hydrogen-bond acceptors (Lipinski definition) is 3. The van der Waals surface area contributed by atoms with Crippen molar-refractivity contribution in [2.45, 2.75) is 13.2 Å². The molecule has 0 spiro atoms. The van der Waals surface area contributed by atoms with E-state index in [1.165, 1.54) is 12.1 Å². The van der Waals surface area contributed by atoms with E-state index < -0.39 is 5.82 Å². The molecule has 106 valence electrons. The second-order valence-electron chi connectivity index (χ2n) is 4.23. The largest absolute Gasteiger partial charge is 0.493 e. The van der Waals surface area contributed by atoms with E-state index >= 15 is 0 Å². The molecule has 0 saturated heterocycles. The van der Waals surface area contributed by atoms with Gasteiger partial charge in [-0.2, -0.15) is 0 Å². The third kappa shape index (κ3) is 3.40. The lowest BCUT2D eigenvalue weighted by molar-refractivity contribution is 0.284. The van der Waals surface area contributed by atoms with Crippen LogP contribution >= 0.6 is 11.6 Å². The lowest BCUT2D eigenvalue weighted by atomic mass is 10.2. The average molecular weight is 296 g/mol. The summed E-state index contributed by atoms with van der Waals surface area (Å²) in [6.07, 6.45) is 0. The predicted octanol–water partition coefficient (Wildman–Crippen LogP) is 3.53. The highest BCUT2D eigenvalue weighted by molar-refractivity contribution is 6.30. The number of hydrogen-bond donors (Lipinski definition) is 1. The highest BCUT2D eigenvalue weighted by Gasteiger charge is 2.07. The zero-order valence-electron chi connectivity index (χ0n) is 11.0. The summed E-state index contributed by atoms with van der Waals surface area (Å²) < 4.78 is 24.0. The van der Waals surface area contributed by atoms with Gasteiger partial charge in [-0.1, -0.05) is 23.7 Å². The van der Waals surface area contributed by atoms with E-state index in [0.29, 0.717) is 18.0 Å². The number of rotatable bonds is 5. The molecule has 2 N–H and O–H groups in total. The fourth-order valence-electron chi connectivity index (χ4n) is 1.75. The van der Waals surface area contributed by atoms with Crippen molar-refractivity contribution in [2.75, 3.05) is 7.11 Å². The van der Waals surface area contributed by atoms with E-state index in [2.05, 4.69) is 0 Å². The van der Waals surface area contributed by atoms with Gasteiger partial charge in [0.05, 0.1) is 12.1 Å². The summed E-state index contributed by atoms with van der Waals surface area (Å²) in [6.45, 7) is 0.688. The van der Waals surface area contributed by atoms with E-state index in [-0.39, 0.29) is 11.6 Å². The van der Waals surface area contributed by atoms with Crippen molar-refractivity contribution in [2.24, 2.45) is 5.73 Å². The molecular formula is C15H15ClFNO2. The monoisotopic (exact) mass is 295 g/mol. The molecule has 0 heterocycles. The predicted molar refractivity (Wildman–Crippen MR) is 76.6 cm³/mol. The molecule has 5 heteroatoms. The second-order valence-corrected chi connectivity index (χ2v) is 4.63. The maximum atomic E-state index is 13.1. The Hall–Kier alpha value is -1.78. The summed E-state index contributed by atoms with van der Waals surface area (Å²) >= 11 is 5.73. The Balaban J connectivity index is 2.15. The van der Waals surface area contributed by atoms with E-state index in [9.17, 15) is 4.39 Å². The van der Waals surface area contributed by atoms with Crippen LogP contribution in [0.1, 0.15) is 11.1 Å². The van der Waals surface area contributed by atoms with Crippen molar-refractivity contribution in [3.05, 3.63) is 58.4 Å². The van der Waals surface area contributed by atoms with Crippen LogP contribution in [0.15, 0.2) is 36.4 Å². The molecule has 3 nitrogen and oxygen atoms in total. The van der Waals surface area contributed by atoms with Gasteiger partial charge in [-0.3, -0.25) is 0 Å². The molecule has 0 amide bonds. The lowest BCUT2D eigenvalue weighted by Gasteiger charge is -2.12. The smallest absolute Gasteiger partial charge is 0.161 e. The van der Waals surface area contributed by atoms with Crippen molar-refractivity contribution in [3.63, 3.8) is 0 Å². The molecule has 0 unspecified atom stereocenters. The number of benzene rings is 2. The Morgan fingerprint density at radius 1 is 1.10 bits per heavy atom. The third-order valence-corrected chi connectivity index (χ3v) is 3.13. The van der Waals surface area contributed by atoms with Crippen LogP contribution in [0, 0.1) is 5.82 Å². The first-order valence-electron chi connectivity index (χ1n) is 6.07. The maximum absolute atomic E-state index is 13.1. The normalized spacial score (nSPS) is 10.4. The number of nitrogens with two attached hydrogens (primary N) is 1. The van der Waals surface area contributed by atoms with Gasteiger partial charge in [0.1, 0.15) is 12.4 Å². The van der Waals surface area contributed by atoms with Gasteiger partial charge in [0.15, 0.2) is 11.5 Å². The molecule has 0 radical (unpaired) electrons. The molecular weight excluding hydrogens is 281 g/mol. The van der Waals surface area contributed by atoms with Gasteiger partial charge in [-0.15, -0.1) is 0 Å². The summed E-state index contributed by atoms with van der Waals surface area (Å²) in [4.78, 5) is 0. The minimum absolute atomic E-state index is 0.0776. The first-order valence-corrected chi connectivity index (χ1v) is 6.45. The molecule has 0 fully saturated rings. The van der Waals surface area contributed by atoms with Gasteiger partial charge in [0.25, 0.3) is 0 Å². The minimum Gasteiger partial charge on any atom is -0.493 e. The van der Waals surface area contributed by atoms with Crippen LogP contribution in [0.2, 0.25) is 5.02 Å². The Morgan fingerprint density at radius 3 is 2.50 bits per heavy atom. The highest BCUT2D eigenvalue weighted by Crippen LogP contribution is 2.29. The van der Waals surface area contributed by atoms with Crippen molar-refractivity contribution < 1.29 is 13.9 Å². The standard InChI is InChI=1S/C15H15ClFNO2/c1-19-14-5-3-10(8-18)7-15(14)20-9-11-2-4-13(17)12(16)6-11/h2-7H,8-9,18H2,1H3. The molecule has 20 heavy (non-hydrogen) atoms. The minimum atomic E-state index is -0.446. The number of ether oxygens (including phenoxy) is 2. The van der Waals surface area contributed by atoms with Gasteiger partial charge in [-0.25, -0.2) is 4.39 Å². The molecule has 0 aliphatic carbocycles. The number of methoxy groups -OCH3 is 1. The summed E-state index contributed by atoms with van der Waals surface area (Å²) in [5.74, 6) is 0.768. The van der Waals surface area contributed by atoms with Crippen molar-refractivity contribution >= 4 is 11.6 Å². The van der Waals surface area contributed by atoms with Crippen molar-refractivity contribution in [1.29, 1.82) is 0 Å². The molecule has 0 bridgehead atoms. The zero-order chi connectivity index (χ0) is 14.5. The van der Waals surface area contributed by atoms with Gasteiger partial charge in [-0.05, 0) is 35.4 Å². The van der Waals surface area contributed by atoms with E-state index in [4.69, 9.17) is 26.8 Å². The zero-order valence-corrected chi connectivity index (χ0v) is 11.8. The van der Waals surface area contributed by atoms with Gasteiger partial charge < -0.3 is 15.2 Å². The topological polar surface area (TPSA) is 44.5 Å². The summed E-state index contributed by atoms with van der Waals surface area (Å²) in [6, 6.07) is 9.98. The lowest BCUT2D eigenvalue weighted by Crippen LogP contribution is -2.01. The highest BCUT2D eigenvalue weighted by atomic mass is 35.5. The molecule has 0 atom stereocenters.